The fourth-order valence-corrected chi connectivity index (χ4v) is 2.17. The van der Waals surface area contributed by atoms with Gasteiger partial charge in [-0.05, 0) is 0 Å². The van der Waals surface area contributed by atoms with Gasteiger partial charge < -0.3 is 9.26 Å². The van der Waals surface area contributed by atoms with Gasteiger partial charge in [-0.3, -0.25) is 14.3 Å². The zero-order chi connectivity index (χ0) is 13.3. The standard InChI is InChI=1S/C10H14FN2O4P/c1-5-6(4-16-18)17-9(8(5)11)13-3-2-7(14)12-10(13)15/h2-3,5-6,8-9H,4,18H2,1H3,(H,12,14,15). The van der Waals surface area contributed by atoms with Crippen LogP contribution in [-0.4, -0.2) is 28.4 Å². The van der Waals surface area contributed by atoms with Gasteiger partial charge >= 0.3 is 5.69 Å². The lowest BCUT2D eigenvalue weighted by Gasteiger charge is -2.15. The van der Waals surface area contributed by atoms with E-state index in [-0.39, 0.29) is 6.61 Å². The normalized spacial score (nSPS) is 31.7. The Bertz CT molecular complexity index is 531. The Kier molecular flexibility index (Phi) is 3.94. The lowest BCUT2D eigenvalue weighted by atomic mass is 10.0. The Morgan fingerprint density at radius 1 is 1.61 bits per heavy atom. The molecule has 0 amide bonds. The number of halogens is 1. The molecule has 0 saturated carbocycles. The van der Waals surface area contributed by atoms with Crippen LogP contribution in [0, 0.1) is 5.92 Å². The molecule has 100 valence electrons. The van der Waals surface area contributed by atoms with Crippen molar-refractivity contribution in [3.8, 4) is 0 Å². The molecule has 1 N–H and O–H groups in total. The molecule has 8 heteroatoms. The fraction of sp³-hybridized carbons (Fsp3) is 0.600. The molecular weight excluding hydrogens is 262 g/mol. The third kappa shape index (κ3) is 2.39. The second-order valence-electron chi connectivity index (χ2n) is 4.22. The highest BCUT2D eigenvalue weighted by atomic mass is 31.0. The van der Waals surface area contributed by atoms with Crippen LogP contribution in [0.15, 0.2) is 21.9 Å². The van der Waals surface area contributed by atoms with Crippen molar-refractivity contribution in [2.45, 2.75) is 25.4 Å². The highest BCUT2D eigenvalue weighted by Crippen LogP contribution is 2.35. The lowest BCUT2D eigenvalue weighted by molar-refractivity contribution is -0.0358. The number of H-pyrrole nitrogens is 1. The Labute approximate surface area is 104 Å². The molecule has 0 aliphatic carbocycles. The van der Waals surface area contributed by atoms with Gasteiger partial charge in [-0.15, -0.1) is 0 Å². The summed E-state index contributed by atoms with van der Waals surface area (Å²) in [5.74, 6) is -0.394. The molecule has 1 aliphatic heterocycles. The van der Waals surface area contributed by atoms with Gasteiger partial charge in [0.05, 0.1) is 12.7 Å². The fourth-order valence-electron chi connectivity index (χ4n) is 1.98. The predicted molar refractivity (Wildman–Crippen MR) is 65.0 cm³/mol. The summed E-state index contributed by atoms with van der Waals surface area (Å²) in [7, 11) is 2.07. The van der Waals surface area contributed by atoms with Crippen LogP contribution < -0.4 is 11.2 Å². The average Bonchev–Trinajstić information content (AvgIpc) is 2.58. The van der Waals surface area contributed by atoms with Gasteiger partial charge in [0.15, 0.2) is 12.4 Å². The molecule has 5 unspecified atom stereocenters. The summed E-state index contributed by atoms with van der Waals surface area (Å²) in [4.78, 5) is 24.6. The minimum absolute atomic E-state index is 0.223. The first-order valence-corrected chi connectivity index (χ1v) is 5.94. The number of nitrogens with one attached hydrogen (secondary N) is 1. The van der Waals surface area contributed by atoms with Gasteiger partial charge in [0.1, 0.15) is 0 Å². The number of rotatable bonds is 3. The van der Waals surface area contributed by atoms with E-state index in [1.807, 2.05) is 0 Å². The van der Waals surface area contributed by atoms with Crippen molar-refractivity contribution in [1.82, 2.24) is 9.55 Å². The van der Waals surface area contributed by atoms with Gasteiger partial charge in [0, 0.05) is 27.6 Å². The first-order chi connectivity index (χ1) is 8.54. The number of hydrogen-bond acceptors (Lipinski definition) is 4. The predicted octanol–water partition coefficient (Wildman–Crippen LogP) is 0.215. The molecule has 5 atom stereocenters. The van der Waals surface area contributed by atoms with Crippen LogP contribution >= 0.6 is 9.47 Å². The van der Waals surface area contributed by atoms with Crippen molar-refractivity contribution >= 4 is 9.47 Å². The zero-order valence-electron chi connectivity index (χ0n) is 9.71. The highest BCUT2D eigenvalue weighted by molar-refractivity contribution is 7.09. The van der Waals surface area contributed by atoms with Gasteiger partial charge in [-0.2, -0.15) is 0 Å². The van der Waals surface area contributed by atoms with Crippen LogP contribution in [0.2, 0.25) is 0 Å². The van der Waals surface area contributed by atoms with Crippen LogP contribution in [-0.2, 0) is 9.26 Å². The van der Waals surface area contributed by atoms with Crippen LogP contribution in [0.3, 0.4) is 0 Å². The molecule has 18 heavy (non-hydrogen) atoms. The molecule has 2 rings (SSSR count). The number of ether oxygens (including phenoxy) is 1. The molecule has 1 aromatic heterocycles. The largest absolute Gasteiger partial charge is 0.363 e. The molecule has 0 aromatic carbocycles. The number of alkyl halides is 1. The third-order valence-electron chi connectivity index (χ3n) is 3.06. The second kappa shape index (κ2) is 5.30. The molecule has 1 aliphatic rings. The van der Waals surface area contributed by atoms with E-state index in [4.69, 9.17) is 9.26 Å². The van der Waals surface area contributed by atoms with Gasteiger partial charge in [0.2, 0.25) is 0 Å². The van der Waals surface area contributed by atoms with E-state index in [0.717, 1.165) is 10.6 Å². The van der Waals surface area contributed by atoms with Crippen LogP contribution in [0.4, 0.5) is 4.39 Å². The quantitative estimate of drug-likeness (QED) is 0.801. The monoisotopic (exact) mass is 276 g/mol. The number of hydrogen-bond donors (Lipinski definition) is 1. The van der Waals surface area contributed by atoms with E-state index in [1.165, 1.54) is 6.20 Å². The van der Waals surface area contributed by atoms with Crippen LogP contribution in [0.5, 0.6) is 0 Å². The zero-order valence-corrected chi connectivity index (χ0v) is 10.9. The minimum atomic E-state index is -1.33. The maximum atomic E-state index is 14.1. The van der Waals surface area contributed by atoms with Crippen molar-refractivity contribution in [2.24, 2.45) is 5.92 Å². The lowest BCUT2D eigenvalue weighted by Crippen LogP contribution is -2.34. The maximum absolute atomic E-state index is 14.1. The SMILES string of the molecule is CC1C(COP)OC(n2ccc(=O)[nH]c2=O)C1F. The van der Waals surface area contributed by atoms with Gasteiger partial charge in [0.25, 0.3) is 5.56 Å². The van der Waals surface area contributed by atoms with Crippen molar-refractivity contribution in [1.29, 1.82) is 0 Å². The van der Waals surface area contributed by atoms with Gasteiger partial charge in [-0.1, -0.05) is 6.92 Å². The molecule has 2 heterocycles. The molecule has 1 fully saturated rings. The summed E-state index contributed by atoms with van der Waals surface area (Å²) in [5.41, 5.74) is -1.21. The first kappa shape index (κ1) is 13.4. The summed E-state index contributed by atoms with van der Waals surface area (Å²) in [5, 5.41) is 0. The number of nitrogens with zero attached hydrogens (tertiary/aromatic N) is 1. The Balaban J connectivity index is 2.29. The van der Waals surface area contributed by atoms with E-state index in [9.17, 15) is 14.0 Å². The number of aromatic nitrogens is 2. The molecule has 0 spiro atoms. The van der Waals surface area contributed by atoms with E-state index < -0.39 is 35.7 Å². The van der Waals surface area contributed by atoms with Crippen molar-refractivity contribution in [3.63, 3.8) is 0 Å². The van der Waals surface area contributed by atoms with Crippen molar-refractivity contribution in [3.05, 3.63) is 33.1 Å². The molecule has 1 aromatic rings. The third-order valence-corrected chi connectivity index (χ3v) is 3.25. The summed E-state index contributed by atoms with van der Waals surface area (Å²) in [6.45, 7) is 1.91. The molecule has 6 nitrogen and oxygen atoms in total. The number of aromatic amines is 1. The summed E-state index contributed by atoms with van der Waals surface area (Å²) < 4.78 is 25.4. The van der Waals surface area contributed by atoms with Crippen molar-refractivity contribution < 1.29 is 13.7 Å². The molecular formula is C10H14FN2O4P. The Morgan fingerprint density at radius 3 is 2.94 bits per heavy atom. The van der Waals surface area contributed by atoms with E-state index in [2.05, 4.69) is 14.5 Å². The topological polar surface area (TPSA) is 73.3 Å². The minimum Gasteiger partial charge on any atom is -0.363 e. The summed E-state index contributed by atoms with van der Waals surface area (Å²) in [6.07, 6.45) is -1.57. The van der Waals surface area contributed by atoms with Gasteiger partial charge in [-0.25, -0.2) is 9.18 Å². The first-order valence-electron chi connectivity index (χ1n) is 5.47. The second-order valence-corrected chi connectivity index (χ2v) is 4.55. The van der Waals surface area contributed by atoms with E-state index in [1.54, 1.807) is 6.92 Å². The summed E-state index contributed by atoms with van der Waals surface area (Å²) in [6, 6.07) is 1.15. The van der Waals surface area contributed by atoms with E-state index >= 15 is 0 Å². The molecule has 0 bridgehead atoms. The van der Waals surface area contributed by atoms with E-state index in [0.29, 0.717) is 0 Å². The average molecular weight is 276 g/mol. The van der Waals surface area contributed by atoms with Crippen LogP contribution in [0.25, 0.3) is 0 Å². The Morgan fingerprint density at radius 2 is 2.33 bits per heavy atom. The maximum Gasteiger partial charge on any atom is 0.330 e. The van der Waals surface area contributed by atoms with Crippen molar-refractivity contribution in [2.75, 3.05) is 6.61 Å². The smallest absolute Gasteiger partial charge is 0.330 e. The van der Waals surface area contributed by atoms with Crippen LogP contribution in [0.1, 0.15) is 13.2 Å². The Hall–Kier alpha value is -1.04. The molecule has 0 radical (unpaired) electrons. The molecule has 1 saturated heterocycles. The highest BCUT2D eigenvalue weighted by Gasteiger charge is 2.43. The summed E-state index contributed by atoms with van der Waals surface area (Å²) >= 11 is 0.